The molecule has 0 atom stereocenters. The van der Waals surface area contributed by atoms with Gasteiger partial charge in [0.15, 0.2) is 0 Å². The molecular weight excluding hydrogens is 585 g/mol. The van der Waals surface area contributed by atoms with E-state index < -0.39 is 45.6 Å². The molecule has 0 radical (unpaired) electrons. The Balaban J connectivity index is 6.06. The standard InChI is InChI=1S/C36H58O6Si2/c1-16-25-32(6,7)38-43(37,39-33(8,9)26-17-2)30-23-21-22-24-31-44(40-34(10,11)27-18-3,41-35(12,13)28-19-4)42-36(14,15)29-20-5/h37H,21-24,30-31H2,1-15H3. The summed E-state index contributed by atoms with van der Waals surface area (Å²) < 4.78 is 32.6. The second-order valence-corrected chi connectivity index (χ2v) is 18.1. The van der Waals surface area contributed by atoms with Crippen LogP contribution >= 0.6 is 0 Å². The van der Waals surface area contributed by atoms with Crippen LogP contribution in [0.15, 0.2) is 0 Å². The van der Waals surface area contributed by atoms with Crippen LogP contribution in [-0.2, 0) is 22.1 Å². The van der Waals surface area contributed by atoms with Gasteiger partial charge in [-0.3, -0.25) is 0 Å². The average Bonchev–Trinajstić information content (AvgIpc) is 2.78. The molecule has 0 aromatic rings. The van der Waals surface area contributed by atoms with Crippen LogP contribution in [0, 0.1) is 59.2 Å². The molecule has 0 aromatic carbocycles. The lowest BCUT2D eigenvalue weighted by atomic mass is 10.1. The van der Waals surface area contributed by atoms with Gasteiger partial charge in [0.2, 0.25) is 0 Å². The van der Waals surface area contributed by atoms with Crippen LogP contribution in [0.25, 0.3) is 0 Å². The second kappa shape index (κ2) is 17.6. The topological polar surface area (TPSA) is 66.4 Å². The van der Waals surface area contributed by atoms with Crippen LogP contribution in [0.5, 0.6) is 0 Å². The van der Waals surface area contributed by atoms with Crippen LogP contribution in [0.4, 0.5) is 0 Å². The lowest BCUT2D eigenvalue weighted by Gasteiger charge is -2.42. The van der Waals surface area contributed by atoms with Crippen LogP contribution < -0.4 is 0 Å². The second-order valence-electron chi connectivity index (χ2n) is 13.2. The van der Waals surface area contributed by atoms with Crippen molar-refractivity contribution in [3.8, 4) is 59.2 Å². The Bertz CT molecular complexity index is 1120. The third kappa shape index (κ3) is 17.5. The van der Waals surface area contributed by atoms with Crippen LogP contribution in [0.3, 0.4) is 0 Å². The first-order valence-electron chi connectivity index (χ1n) is 15.5. The maximum Gasteiger partial charge on any atom is 0.504 e. The summed E-state index contributed by atoms with van der Waals surface area (Å²) in [5.41, 5.74) is -4.10. The van der Waals surface area contributed by atoms with Gasteiger partial charge in [-0.15, -0.1) is 29.6 Å². The van der Waals surface area contributed by atoms with Gasteiger partial charge in [0.05, 0.1) is 0 Å². The zero-order valence-electron chi connectivity index (χ0n) is 30.2. The molecular formula is C36H58O6Si2. The fraction of sp³-hybridized carbons (Fsp3) is 0.722. The van der Waals surface area contributed by atoms with Crippen molar-refractivity contribution in [2.45, 2.75) is 170 Å². The number of unbranched alkanes of at least 4 members (excludes halogenated alkanes) is 3. The summed E-state index contributed by atoms with van der Waals surface area (Å²) in [4.78, 5) is 11.6. The minimum absolute atomic E-state index is 0.389. The van der Waals surface area contributed by atoms with E-state index in [1.165, 1.54) is 0 Å². The van der Waals surface area contributed by atoms with Crippen LogP contribution in [0.2, 0.25) is 12.1 Å². The Morgan fingerprint density at radius 3 is 0.932 bits per heavy atom. The van der Waals surface area contributed by atoms with Crippen LogP contribution in [-0.4, -0.2) is 50.4 Å². The molecule has 44 heavy (non-hydrogen) atoms. The minimum atomic E-state index is -3.63. The summed E-state index contributed by atoms with van der Waals surface area (Å²) in [6.07, 6.45) is 3.16. The maximum absolute atomic E-state index is 11.6. The van der Waals surface area contributed by atoms with Gasteiger partial charge in [0.25, 0.3) is 0 Å². The maximum atomic E-state index is 11.6. The Hall–Kier alpha value is -2.01. The normalized spacial score (nSPS) is 12.6. The van der Waals surface area contributed by atoms with E-state index in [1.54, 1.807) is 34.6 Å². The van der Waals surface area contributed by atoms with Crippen molar-refractivity contribution in [2.24, 2.45) is 0 Å². The summed E-state index contributed by atoms with van der Waals surface area (Å²) in [5, 5.41) is 0. The molecule has 0 spiro atoms. The Kier molecular flexibility index (Phi) is 16.8. The quantitative estimate of drug-likeness (QED) is 0.101. The Labute approximate surface area is 272 Å². The molecule has 0 unspecified atom stereocenters. The van der Waals surface area contributed by atoms with Gasteiger partial charge in [-0.1, -0.05) is 42.4 Å². The third-order valence-electron chi connectivity index (χ3n) is 5.92. The summed E-state index contributed by atoms with van der Waals surface area (Å²) in [6.45, 7) is 27.8. The summed E-state index contributed by atoms with van der Waals surface area (Å²) >= 11 is 0. The molecule has 0 bridgehead atoms. The van der Waals surface area contributed by atoms with Gasteiger partial charge in [0, 0.05) is 12.1 Å². The lowest BCUT2D eigenvalue weighted by Crippen LogP contribution is -2.58. The molecule has 6 nitrogen and oxygen atoms in total. The van der Waals surface area contributed by atoms with Crippen LogP contribution in [0.1, 0.15) is 130 Å². The molecule has 0 amide bonds. The van der Waals surface area contributed by atoms with E-state index in [4.69, 9.17) is 22.1 Å². The Morgan fingerprint density at radius 2 is 0.659 bits per heavy atom. The molecule has 0 saturated carbocycles. The van der Waals surface area contributed by atoms with Gasteiger partial charge in [-0.05, 0) is 117 Å². The predicted molar refractivity (Wildman–Crippen MR) is 185 cm³/mol. The van der Waals surface area contributed by atoms with Crippen molar-refractivity contribution in [3.05, 3.63) is 0 Å². The average molecular weight is 643 g/mol. The highest BCUT2D eigenvalue weighted by molar-refractivity contribution is 6.61. The molecule has 0 heterocycles. The molecule has 0 aromatic heterocycles. The zero-order valence-corrected chi connectivity index (χ0v) is 32.2. The van der Waals surface area contributed by atoms with E-state index >= 15 is 0 Å². The molecule has 8 heteroatoms. The summed E-state index contributed by atoms with van der Waals surface area (Å²) in [6, 6.07) is 0.943. The third-order valence-corrected chi connectivity index (χ3v) is 12.0. The highest BCUT2D eigenvalue weighted by atomic mass is 28.4. The van der Waals surface area contributed by atoms with Crippen molar-refractivity contribution in [2.75, 3.05) is 0 Å². The molecule has 0 aliphatic rings. The number of hydrogen-bond acceptors (Lipinski definition) is 6. The van der Waals surface area contributed by atoms with Gasteiger partial charge < -0.3 is 26.9 Å². The van der Waals surface area contributed by atoms with E-state index in [0.29, 0.717) is 18.5 Å². The Morgan fingerprint density at radius 1 is 0.409 bits per heavy atom. The first kappa shape index (κ1) is 42.0. The fourth-order valence-corrected chi connectivity index (χ4v) is 11.2. The largest absolute Gasteiger partial charge is 0.504 e. The predicted octanol–water partition coefficient (Wildman–Crippen LogP) is 7.51. The summed E-state index contributed by atoms with van der Waals surface area (Å²) in [7, 11) is -7.05. The number of hydrogen-bond donors (Lipinski definition) is 1. The van der Waals surface area contributed by atoms with E-state index in [9.17, 15) is 4.80 Å². The monoisotopic (exact) mass is 642 g/mol. The highest BCUT2D eigenvalue weighted by Crippen LogP contribution is 2.34. The van der Waals surface area contributed by atoms with E-state index in [2.05, 4.69) is 59.2 Å². The SMILES string of the molecule is CC#CC(C)(C)O[Si](O)(CCCCCC[Si](OC(C)(C)C#CC)(OC(C)(C)C#CC)OC(C)(C)C#CC)OC(C)(C)C#CC. The van der Waals surface area contributed by atoms with E-state index in [-0.39, 0.29) is 0 Å². The smallest absolute Gasteiger partial charge is 0.390 e. The van der Waals surface area contributed by atoms with Crippen molar-refractivity contribution in [1.82, 2.24) is 0 Å². The fourth-order valence-electron chi connectivity index (χ4n) is 4.98. The first-order chi connectivity index (χ1) is 20.0. The lowest BCUT2D eigenvalue weighted by molar-refractivity contribution is -0.0477. The summed E-state index contributed by atoms with van der Waals surface area (Å²) in [5.74, 6) is 30.2. The molecule has 0 aliphatic carbocycles. The molecule has 246 valence electrons. The van der Waals surface area contributed by atoms with Gasteiger partial charge in [-0.25, -0.2) is 0 Å². The number of rotatable bonds is 17. The highest BCUT2D eigenvalue weighted by Gasteiger charge is 2.51. The van der Waals surface area contributed by atoms with Gasteiger partial charge in [-0.2, -0.15) is 0 Å². The first-order valence-corrected chi connectivity index (χ1v) is 19.4. The van der Waals surface area contributed by atoms with Gasteiger partial charge >= 0.3 is 17.6 Å². The zero-order chi connectivity index (χ0) is 34.3. The van der Waals surface area contributed by atoms with Crippen molar-refractivity contribution >= 4 is 17.6 Å². The van der Waals surface area contributed by atoms with E-state index in [0.717, 1.165) is 19.3 Å². The van der Waals surface area contributed by atoms with Crippen molar-refractivity contribution in [1.29, 1.82) is 0 Å². The molecule has 1 N–H and O–H groups in total. The molecule has 0 aliphatic heterocycles. The molecule has 0 fully saturated rings. The molecule has 0 saturated heterocycles. The van der Waals surface area contributed by atoms with Gasteiger partial charge in [0.1, 0.15) is 28.0 Å². The van der Waals surface area contributed by atoms with Crippen molar-refractivity contribution in [3.63, 3.8) is 0 Å². The minimum Gasteiger partial charge on any atom is -0.390 e. The van der Waals surface area contributed by atoms with E-state index in [1.807, 2.05) is 69.2 Å². The molecule has 0 rings (SSSR count). The van der Waals surface area contributed by atoms with Crippen molar-refractivity contribution < 1.29 is 26.9 Å².